The van der Waals surface area contributed by atoms with E-state index in [1.54, 1.807) is 0 Å². The second-order valence-corrected chi connectivity index (χ2v) is 7.35. The summed E-state index contributed by atoms with van der Waals surface area (Å²) in [5.41, 5.74) is 2.68. The first kappa shape index (κ1) is 18.2. The molecule has 2 saturated heterocycles. The average Bonchev–Trinajstić information content (AvgIpc) is 2.83. The van der Waals surface area contributed by atoms with Crippen molar-refractivity contribution in [3.63, 3.8) is 0 Å². The van der Waals surface area contributed by atoms with Gasteiger partial charge in [0, 0.05) is 57.4 Å². The molecule has 0 radical (unpaired) electrons. The molecule has 5 heteroatoms. The van der Waals surface area contributed by atoms with Crippen molar-refractivity contribution in [3.8, 4) is 0 Å². The van der Waals surface area contributed by atoms with Gasteiger partial charge in [0.2, 0.25) is 5.91 Å². The van der Waals surface area contributed by atoms with E-state index >= 15 is 0 Å². The second-order valence-electron chi connectivity index (χ2n) is 7.35. The van der Waals surface area contributed by atoms with E-state index in [9.17, 15) is 9.90 Å². The fraction of sp³-hybridized carbons (Fsp3) is 0.650. The van der Waals surface area contributed by atoms with E-state index in [1.165, 1.54) is 11.3 Å². The van der Waals surface area contributed by atoms with Crippen LogP contribution in [0.1, 0.15) is 31.7 Å². The Hall–Kier alpha value is -1.59. The molecule has 1 amide bonds. The molecule has 2 fully saturated rings. The molecule has 0 saturated carbocycles. The van der Waals surface area contributed by atoms with Gasteiger partial charge in [0.25, 0.3) is 0 Å². The Balaban J connectivity index is 1.57. The highest BCUT2D eigenvalue weighted by molar-refractivity contribution is 5.75. The maximum absolute atomic E-state index is 12.0. The van der Waals surface area contributed by atoms with Crippen LogP contribution < -0.4 is 4.90 Å². The van der Waals surface area contributed by atoms with Gasteiger partial charge in [0.1, 0.15) is 0 Å². The van der Waals surface area contributed by atoms with Gasteiger partial charge in [0.15, 0.2) is 0 Å². The largest absolute Gasteiger partial charge is 0.390 e. The van der Waals surface area contributed by atoms with Gasteiger partial charge in [-0.3, -0.25) is 9.69 Å². The Bertz CT molecular complexity index is 584. The highest BCUT2D eigenvalue weighted by atomic mass is 16.3. The number of nitrogens with zero attached hydrogens (tertiary/aromatic N) is 3. The third-order valence-electron chi connectivity index (χ3n) is 5.63. The molecule has 5 nitrogen and oxygen atoms in total. The summed E-state index contributed by atoms with van der Waals surface area (Å²) in [7, 11) is 0. The zero-order chi connectivity index (χ0) is 17.8. The molecule has 0 bridgehead atoms. The van der Waals surface area contributed by atoms with E-state index in [0.717, 1.165) is 39.0 Å². The molecule has 0 aromatic heterocycles. The predicted octanol–water partition coefficient (Wildman–Crippen LogP) is 1.88. The lowest BCUT2D eigenvalue weighted by Gasteiger charge is -2.39. The van der Waals surface area contributed by atoms with Gasteiger partial charge in [0.05, 0.1) is 6.10 Å². The van der Waals surface area contributed by atoms with Gasteiger partial charge in [-0.1, -0.05) is 25.1 Å². The molecule has 2 heterocycles. The van der Waals surface area contributed by atoms with Gasteiger partial charge in [-0.25, -0.2) is 0 Å². The summed E-state index contributed by atoms with van der Waals surface area (Å²) in [6.07, 6.45) is 2.31. The van der Waals surface area contributed by atoms with Crippen molar-refractivity contribution in [3.05, 3.63) is 29.8 Å². The Kier molecular flexibility index (Phi) is 5.97. The van der Waals surface area contributed by atoms with E-state index in [4.69, 9.17) is 0 Å². The molecule has 1 atom stereocenters. The number of hydrogen-bond donors (Lipinski definition) is 1. The molecule has 3 rings (SSSR count). The second kappa shape index (κ2) is 8.19. The number of aliphatic hydroxyl groups is 1. The quantitative estimate of drug-likeness (QED) is 0.909. The normalized spacial score (nSPS) is 23.6. The number of para-hydroxylation sites is 1. The molecule has 1 aromatic rings. The maximum Gasteiger partial charge on any atom is 0.222 e. The van der Waals surface area contributed by atoms with Crippen molar-refractivity contribution in [2.75, 3.05) is 44.2 Å². The van der Waals surface area contributed by atoms with Crippen LogP contribution in [0.15, 0.2) is 24.3 Å². The monoisotopic (exact) mass is 345 g/mol. The van der Waals surface area contributed by atoms with Crippen LogP contribution in [0.3, 0.4) is 0 Å². The summed E-state index contributed by atoms with van der Waals surface area (Å²) in [4.78, 5) is 18.7. The van der Waals surface area contributed by atoms with Crippen LogP contribution in [0.4, 0.5) is 5.69 Å². The molecule has 138 valence electrons. The number of carbonyl (C=O) groups is 1. The maximum atomic E-state index is 12.0. The van der Waals surface area contributed by atoms with Crippen LogP contribution in [0, 0.1) is 6.92 Å². The summed E-state index contributed by atoms with van der Waals surface area (Å²) in [6.45, 7) is 8.94. The first-order valence-electron chi connectivity index (χ1n) is 9.59. The molecular formula is C20H31N3O2. The number of aryl methyl sites for hydroxylation is 1. The number of piperidine rings is 1. The predicted molar refractivity (Wildman–Crippen MR) is 101 cm³/mol. The van der Waals surface area contributed by atoms with Gasteiger partial charge in [-0.05, 0) is 31.4 Å². The molecule has 2 aliphatic rings. The lowest BCUT2D eigenvalue weighted by molar-refractivity contribution is -0.131. The van der Waals surface area contributed by atoms with E-state index in [-0.39, 0.29) is 5.91 Å². The van der Waals surface area contributed by atoms with Crippen LogP contribution in [0.5, 0.6) is 0 Å². The number of β-amino-alcohol motifs (C(OH)–C–C–N with tert-alkyl or cyclic N) is 1. The standard InChI is InChI=1S/C20H31N3O2/c1-3-20(25)23-13-12-22(14-18(24)15-23)17-8-10-21(11-9-17)19-7-5-4-6-16(19)2/h4-7,17-18,24H,3,8-15H2,1-2H3/t18-/m0/s1. The van der Waals surface area contributed by atoms with E-state index in [2.05, 4.69) is 41.0 Å². The number of rotatable bonds is 3. The minimum Gasteiger partial charge on any atom is -0.390 e. The summed E-state index contributed by atoms with van der Waals surface area (Å²) in [6, 6.07) is 9.09. The van der Waals surface area contributed by atoms with E-state index in [1.807, 2.05) is 11.8 Å². The summed E-state index contributed by atoms with van der Waals surface area (Å²) >= 11 is 0. The molecule has 0 aliphatic carbocycles. The fourth-order valence-electron chi connectivity index (χ4n) is 4.19. The van der Waals surface area contributed by atoms with Crippen LogP contribution in [-0.4, -0.2) is 72.2 Å². The molecule has 2 aliphatic heterocycles. The number of aliphatic hydroxyl groups excluding tert-OH is 1. The molecule has 0 unspecified atom stereocenters. The van der Waals surface area contributed by atoms with Crippen molar-refractivity contribution >= 4 is 11.6 Å². The molecular weight excluding hydrogens is 314 g/mol. The third-order valence-corrected chi connectivity index (χ3v) is 5.63. The Morgan fingerprint density at radius 3 is 2.52 bits per heavy atom. The highest BCUT2D eigenvalue weighted by Gasteiger charge is 2.30. The Morgan fingerprint density at radius 1 is 1.12 bits per heavy atom. The molecule has 0 spiro atoms. The summed E-state index contributed by atoms with van der Waals surface area (Å²) in [5.74, 6) is 0.148. The molecule has 1 aromatic carbocycles. The first-order chi connectivity index (χ1) is 12.1. The highest BCUT2D eigenvalue weighted by Crippen LogP contribution is 2.26. The minimum absolute atomic E-state index is 0.148. The van der Waals surface area contributed by atoms with Crippen molar-refractivity contribution in [1.82, 2.24) is 9.80 Å². The Morgan fingerprint density at radius 2 is 1.84 bits per heavy atom. The first-order valence-corrected chi connectivity index (χ1v) is 9.59. The summed E-state index contributed by atoms with van der Waals surface area (Å²) in [5, 5.41) is 10.3. The number of amides is 1. The number of hydrogen-bond acceptors (Lipinski definition) is 4. The van der Waals surface area contributed by atoms with Crippen molar-refractivity contribution < 1.29 is 9.90 Å². The number of anilines is 1. The minimum atomic E-state index is -0.438. The fourth-order valence-corrected chi connectivity index (χ4v) is 4.19. The van der Waals surface area contributed by atoms with Crippen LogP contribution in [0.2, 0.25) is 0 Å². The summed E-state index contributed by atoms with van der Waals surface area (Å²) < 4.78 is 0. The van der Waals surface area contributed by atoms with Crippen molar-refractivity contribution in [2.45, 2.75) is 45.3 Å². The van der Waals surface area contributed by atoms with E-state index < -0.39 is 6.10 Å². The zero-order valence-corrected chi connectivity index (χ0v) is 15.5. The van der Waals surface area contributed by atoms with Crippen molar-refractivity contribution in [1.29, 1.82) is 0 Å². The number of benzene rings is 1. The van der Waals surface area contributed by atoms with Crippen molar-refractivity contribution in [2.24, 2.45) is 0 Å². The van der Waals surface area contributed by atoms with E-state index in [0.29, 0.717) is 25.6 Å². The van der Waals surface area contributed by atoms with Crippen LogP contribution in [-0.2, 0) is 4.79 Å². The topological polar surface area (TPSA) is 47.0 Å². The lowest BCUT2D eigenvalue weighted by Crippen LogP contribution is -2.47. The Labute approximate surface area is 151 Å². The SMILES string of the molecule is CCC(=O)N1CCN(C2CCN(c3ccccc3C)CC2)C[C@H](O)C1. The third kappa shape index (κ3) is 4.33. The van der Waals surface area contributed by atoms with Gasteiger partial charge in [-0.15, -0.1) is 0 Å². The zero-order valence-electron chi connectivity index (χ0n) is 15.5. The lowest BCUT2D eigenvalue weighted by atomic mass is 10.0. The molecule has 25 heavy (non-hydrogen) atoms. The van der Waals surface area contributed by atoms with Gasteiger partial charge in [-0.2, -0.15) is 0 Å². The van der Waals surface area contributed by atoms with Crippen LogP contribution >= 0.6 is 0 Å². The smallest absolute Gasteiger partial charge is 0.222 e. The average molecular weight is 345 g/mol. The van der Waals surface area contributed by atoms with Crippen LogP contribution in [0.25, 0.3) is 0 Å². The van der Waals surface area contributed by atoms with Gasteiger partial charge >= 0.3 is 0 Å². The van der Waals surface area contributed by atoms with Gasteiger partial charge < -0.3 is 14.9 Å². The molecule has 1 N–H and O–H groups in total. The number of carbonyl (C=O) groups excluding carboxylic acids is 1.